The van der Waals surface area contributed by atoms with Gasteiger partial charge in [0.15, 0.2) is 0 Å². The van der Waals surface area contributed by atoms with Gasteiger partial charge in [0.1, 0.15) is 12.3 Å². The topological polar surface area (TPSA) is 80.7 Å². The quantitative estimate of drug-likeness (QED) is 0.426. The molecule has 1 aromatic heterocycles. The maximum Gasteiger partial charge on any atom is 0.117 e. The Kier molecular flexibility index (Phi) is 6.58. The van der Waals surface area contributed by atoms with Crippen LogP contribution in [0.2, 0.25) is 0 Å². The van der Waals surface area contributed by atoms with Gasteiger partial charge in [-0.25, -0.2) is 0 Å². The van der Waals surface area contributed by atoms with Crippen LogP contribution in [0.3, 0.4) is 0 Å². The first-order chi connectivity index (χ1) is 13.1. The fourth-order valence-electron chi connectivity index (χ4n) is 3.62. The van der Waals surface area contributed by atoms with Gasteiger partial charge in [-0.2, -0.15) is 0 Å². The number of oxime groups is 1. The van der Waals surface area contributed by atoms with Crippen molar-refractivity contribution in [3.8, 4) is 0 Å². The largest absolute Gasteiger partial charge is 0.396 e. The second kappa shape index (κ2) is 9.11. The molecule has 2 unspecified atom stereocenters. The predicted octanol–water partition coefficient (Wildman–Crippen LogP) is 3.41. The van der Waals surface area contributed by atoms with Crippen LogP contribution < -0.4 is 5.73 Å². The molecule has 3 N–H and O–H groups in total. The molecular formula is C22H29N3O2. The number of nitrogens with zero attached hydrogens (tertiary/aromatic N) is 2. The van der Waals surface area contributed by atoms with E-state index in [1.165, 1.54) is 11.1 Å². The normalized spacial score (nSPS) is 22.8. The van der Waals surface area contributed by atoms with Crippen LogP contribution in [0.25, 0.3) is 0 Å². The maximum atomic E-state index is 9.42. The SMILES string of the molecule is CC(=NOCCCc1ccccc1)c1ccc(C2CCC(N)(CO)C2)cn1. The molecule has 1 heterocycles. The van der Waals surface area contributed by atoms with Crippen LogP contribution in [-0.4, -0.2) is 34.6 Å². The van der Waals surface area contributed by atoms with Crippen LogP contribution in [0.15, 0.2) is 53.8 Å². The molecule has 1 aliphatic rings. The number of rotatable bonds is 8. The summed E-state index contributed by atoms with van der Waals surface area (Å²) in [6, 6.07) is 14.5. The zero-order valence-electron chi connectivity index (χ0n) is 16.0. The molecular weight excluding hydrogens is 338 g/mol. The minimum absolute atomic E-state index is 0.0440. The summed E-state index contributed by atoms with van der Waals surface area (Å²) >= 11 is 0. The van der Waals surface area contributed by atoms with Gasteiger partial charge in [-0.15, -0.1) is 0 Å². The van der Waals surface area contributed by atoms with Crippen molar-refractivity contribution in [2.45, 2.75) is 50.5 Å². The second-order valence-corrected chi connectivity index (χ2v) is 7.54. The van der Waals surface area contributed by atoms with E-state index < -0.39 is 5.54 Å². The fourth-order valence-corrected chi connectivity index (χ4v) is 3.62. The molecule has 1 aromatic carbocycles. The molecule has 0 radical (unpaired) electrons. The highest BCUT2D eigenvalue weighted by atomic mass is 16.6. The summed E-state index contributed by atoms with van der Waals surface area (Å²) in [6.07, 6.45) is 6.48. The lowest BCUT2D eigenvalue weighted by Crippen LogP contribution is -2.40. The average Bonchev–Trinajstić information content (AvgIpc) is 3.11. The van der Waals surface area contributed by atoms with Crippen molar-refractivity contribution in [3.63, 3.8) is 0 Å². The Morgan fingerprint density at radius 2 is 2.11 bits per heavy atom. The summed E-state index contributed by atoms with van der Waals surface area (Å²) in [5.74, 6) is 0.371. The Balaban J connectivity index is 1.47. The van der Waals surface area contributed by atoms with E-state index in [2.05, 4.69) is 40.5 Å². The Morgan fingerprint density at radius 1 is 1.30 bits per heavy atom. The Hall–Kier alpha value is -2.24. The van der Waals surface area contributed by atoms with E-state index >= 15 is 0 Å². The molecule has 2 atom stereocenters. The number of aliphatic hydroxyl groups excluding tert-OH is 1. The van der Waals surface area contributed by atoms with Gasteiger partial charge >= 0.3 is 0 Å². The number of pyridine rings is 1. The van der Waals surface area contributed by atoms with E-state index in [-0.39, 0.29) is 6.61 Å². The second-order valence-electron chi connectivity index (χ2n) is 7.54. The number of aryl methyl sites for hydroxylation is 1. The first kappa shape index (κ1) is 19.5. The third-order valence-electron chi connectivity index (χ3n) is 5.33. The van der Waals surface area contributed by atoms with Crippen LogP contribution in [0.4, 0.5) is 0 Å². The summed E-state index contributed by atoms with van der Waals surface area (Å²) < 4.78 is 0. The summed E-state index contributed by atoms with van der Waals surface area (Å²) in [6.45, 7) is 2.54. The first-order valence-corrected chi connectivity index (χ1v) is 9.66. The number of benzene rings is 1. The van der Waals surface area contributed by atoms with Gasteiger partial charge < -0.3 is 15.7 Å². The minimum Gasteiger partial charge on any atom is -0.396 e. The third-order valence-corrected chi connectivity index (χ3v) is 5.33. The summed E-state index contributed by atoms with van der Waals surface area (Å²) in [5, 5.41) is 13.6. The smallest absolute Gasteiger partial charge is 0.117 e. The lowest BCUT2D eigenvalue weighted by molar-refractivity contribution is 0.142. The molecule has 1 aliphatic carbocycles. The molecule has 0 bridgehead atoms. The van der Waals surface area contributed by atoms with E-state index in [1.54, 1.807) is 0 Å². The minimum atomic E-state index is -0.436. The molecule has 5 nitrogen and oxygen atoms in total. The Bertz CT molecular complexity index is 746. The highest BCUT2D eigenvalue weighted by Gasteiger charge is 2.35. The van der Waals surface area contributed by atoms with Gasteiger partial charge in [-0.1, -0.05) is 41.6 Å². The van der Waals surface area contributed by atoms with Crippen molar-refractivity contribution >= 4 is 5.71 Å². The monoisotopic (exact) mass is 367 g/mol. The van der Waals surface area contributed by atoms with Crippen molar-refractivity contribution in [1.29, 1.82) is 0 Å². The Morgan fingerprint density at radius 3 is 2.78 bits per heavy atom. The zero-order chi connectivity index (χ0) is 19.1. The highest BCUT2D eigenvalue weighted by Crippen LogP contribution is 2.39. The number of aromatic nitrogens is 1. The predicted molar refractivity (Wildman–Crippen MR) is 108 cm³/mol. The molecule has 1 saturated carbocycles. The number of nitrogens with two attached hydrogens (primary N) is 1. The van der Waals surface area contributed by atoms with Crippen LogP contribution in [-0.2, 0) is 11.3 Å². The molecule has 0 spiro atoms. The summed E-state index contributed by atoms with van der Waals surface area (Å²) in [4.78, 5) is 9.98. The van der Waals surface area contributed by atoms with Crippen LogP contribution in [0, 0.1) is 0 Å². The molecule has 0 aliphatic heterocycles. The molecule has 0 amide bonds. The van der Waals surface area contributed by atoms with E-state index in [9.17, 15) is 5.11 Å². The van der Waals surface area contributed by atoms with Crippen molar-refractivity contribution < 1.29 is 9.94 Å². The molecule has 27 heavy (non-hydrogen) atoms. The van der Waals surface area contributed by atoms with Crippen molar-refractivity contribution in [1.82, 2.24) is 4.98 Å². The summed E-state index contributed by atoms with van der Waals surface area (Å²) in [5.41, 5.74) is 9.82. The van der Waals surface area contributed by atoms with Gasteiger partial charge in [0.05, 0.1) is 12.3 Å². The van der Waals surface area contributed by atoms with Crippen molar-refractivity contribution in [2.24, 2.45) is 10.9 Å². The third kappa shape index (κ3) is 5.37. The van der Waals surface area contributed by atoms with E-state index in [0.717, 1.165) is 43.5 Å². The highest BCUT2D eigenvalue weighted by molar-refractivity contribution is 5.96. The lowest BCUT2D eigenvalue weighted by Gasteiger charge is -2.20. The first-order valence-electron chi connectivity index (χ1n) is 9.66. The molecule has 0 saturated heterocycles. The van der Waals surface area contributed by atoms with Crippen LogP contribution >= 0.6 is 0 Å². The molecule has 1 fully saturated rings. The van der Waals surface area contributed by atoms with Gasteiger partial charge in [0, 0.05) is 11.7 Å². The van der Waals surface area contributed by atoms with Gasteiger partial charge in [-0.05, 0) is 62.1 Å². The number of hydrogen-bond acceptors (Lipinski definition) is 5. The average molecular weight is 367 g/mol. The number of aliphatic hydroxyl groups is 1. The maximum absolute atomic E-state index is 9.42. The molecule has 5 heteroatoms. The van der Waals surface area contributed by atoms with E-state index in [1.807, 2.05) is 25.3 Å². The fraction of sp³-hybridized carbons (Fsp3) is 0.455. The number of hydrogen-bond donors (Lipinski definition) is 2. The molecule has 2 aromatic rings. The van der Waals surface area contributed by atoms with Gasteiger partial charge in [-0.3, -0.25) is 4.98 Å². The van der Waals surface area contributed by atoms with E-state index in [0.29, 0.717) is 12.5 Å². The molecule has 3 rings (SSSR count). The standard InChI is InChI=1S/C22H29N3O2/c1-17(25-27-13-5-8-18-6-3-2-4-7-18)21-10-9-20(15-24-21)19-11-12-22(23,14-19)16-26/h2-4,6-7,9-10,15,19,26H,5,8,11-14,16,23H2,1H3. The van der Waals surface area contributed by atoms with Crippen LogP contribution in [0.5, 0.6) is 0 Å². The van der Waals surface area contributed by atoms with Gasteiger partial charge in [0.25, 0.3) is 0 Å². The summed E-state index contributed by atoms with van der Waals surface area (Å²) in [7, 11) is 0. The van der Waals surface area contributed by atoms with Gasteiger partial charge in [0.2, 0.25) is 0 Å². The zero-order valence-corrected chi connectivity index (χ0v) is 16.0. The Labute approximate surface area is 161 Å². The van der Waals surface area contributed by atoms with E-state index in [4.69, 9.17) is 10.6 Å². The van der Waals surface area contributed by atoms with Crippen molar-refractivity contribution in [2.75, 3.05) is 13.2 Å². The van der Waals surface area contributed by atoms with Crippen molar-refractivity contribution in [3.05, 3.63) is 65.5 Å². The molecule has 144 valence electrons. The van der Waals surface area contributed by atoms with Crippen LogP contribution in [0.1, 0.15) is 55.3 Å². The lowest BCUT2D eigenvalue weighted by atomic mass is 9.94.